The molecule has 0 unspecified atom stereocenters. The van der Waals surface area contributed by atoms with E-state index in [0.717, 1.165) is 6.26 Å². The van der Waals surface area contributed by atoms with Gasteiger partial charge in [-0.15, -0.1) is 0 Å². The second-order valence-electron chi connectivity index (χ2n) is 5.11. The van der Waals surface area contributed by atoms with E-state index in [2.05, 4.69) is 4.72 Å². The van der Waals surface area contributed by atoms with E-state index in [-0.39, 0.29) is 22.5 Å². The largest absolute Gasteiger partial charge is 0.380 e. The molecule has 0 bridgehead atoms. The van der Waals surface area contributed by atoms with Gasteiger partial charge in [-0.3, -0.25) is 0 Å². The van der Waals surface area contributed by atoms with Crippen LogP contribution in [0.1, 0.15) is 6.42 Å². The van der Waals surface area contributed by atoms with Crippen LogP contribution >= 0.6 is 0 Å². The maximum atomic E-state index is 12.4. The molecule has 0 aliphatic carbocycles. The minimum absolute atomic E-state index is 0.000302. The van der Waals surface area contributed by atoms with E-state index in [4.69, 9.17) is 9.47 Å². The second kappa shape index (κ2) is 6.63. The van der Waals surface area contributed by atoms with Gasteiger partial charge in [0.05, 0.1) is 28.5 Å². The van der Waals surface area contributed by atoms with E-state index >= 15 is 0 Å². The number of sulfonamides is 1. The van der Waals surface area contributed by atoms with Crippen LogP contribution in [0.4, 0.5) is 0 Å². The lowest BCUT2D eigenvalue weighted by molar-refractivity contribution is -0.0305. The maximum Gasteiger partial charge on any atom is 0.240 e. The van der Waals surface area contributed by atoms with E-state index in [9.17, 15) is 16.8 Å². The maximum absolute atomic E-state index is 12.4. The normalized spacial score (nSPS) is 23.4. The fourth-order valence-corrected chi connectivity index (χ4v) is 4.12. The Morgan fingerprint density at radius 3 is 2.27 bits per heavy atom. The molecule has 1 aromatic rings. The highest BCUT2D eigenvalue weighted by molar-refractivity contribution is 7.90. The molecule has 1 heterocycles. The van der Waals surface area contributed by atoms with E-state index in [1.54, 1.807) is 0 Å². The average Bonchev–Trinajstić information content (AvgIpc) is 2.47. The van der Waals surface area contributed by atoms with Gasteiger partial charge >= 0.3 is 0 Å². The summed E-state index contributed by atoms with van der Waals surface area (Å²) in [6.07, 6.45) is 1.42. The van der Waals surface area contributed by atoms with Crippen LogP contribution in [-0.4, -0.2) is 55.6 Å². The van der Waals surface area contributed by atoms with E-state index in [1.165, 1.54) is 31.4 Å². The first-order valence-corrected chi connectivity index (χ1v) is 10.0. The Labute approximate surface area is 130 Å². The summed E-state index contributed by atoms with van der Waals surface area (Å²) in [7, 11) is -5.60. The predicted octanol–water partition coefficient (Wildman–Crippen LogP) is 0.172. The third-order valence-electron chi connectivity index (χ3n) is 3.46. The summed E-state index contributed by atoms with van der Waals surface area (Å²) in [5.41, 5.74) is 0. The van der Waals surface area contributed by atoms with Gasteiger partial charge in [0.25, 0.3) is 0 Å². The molecule has 22 heavy (non-hydrogen) atoms. The van der Waals surface area contributed by atoms with Crippen molar-refractivity contribution in [3.8, 4) is 0 Å². The zero-order valence-electron chi connectivity index (χ0n) is 12.4. The van der Waals surface area contributed by atoms with Crippen molar-refractivity contribution in [3.63, 3.8) is 0 Å². The van der Waals surface area contributed by atoms with Crippen molar-refractivity contribution < 1.29 is 26.3 Å². The molecule has 1 fully saturated rings. The molecule has 124 valence electrons. The first-order valence-electron chi connectivity index (χ1n) is 6.67. The molecule has 1 saturated heterocycles. The van der Waals surface area contributed by atoms with Crippen LogP contribution in [0.2, 0.25) is 0 Å². The lowest BCUT2D eigenvalue weighted by Gasteiger charge is -2.30. The summed E-state index contributed by atoms with van der Waals surface area (Å²) >= 11 is 0. The molecule has 0 aromatic heterocycles. The number of hydrogen-bond donors (Lipinski definition) is 1. The number of benzene rings is 1. The standard InChI is InChI=1S/C13H19NO6S2/c1-19-13-7-8-20-9-12(13)14-22(17,18)11-5-3-10(4-6-11)21(2,15)16/h3-6,12-14H,7-9H2,1-2H3/t12-,13-/m1/s1. The Morgan fingerprint density at radius 2 is 1.73 bits per heavy atom. The zero-order valence-corrected chi connectivity index (χ0v) is 14.0. The van der Waals surface area contributed by atoms with Crippen LogP contribution in [0, 0.1) is 0 Å². The molecule has 1 N–H and O–H groups in total. The molecular formula is C13H19NO6S2. The second-order valence-corrected chi connectivity index (χ2v) is 8.84. The molecule has 0 spiro atoms. The highest BCUT2D eigenvalue weighted by Gasteiger charge is 2.30. The van der Waals surface area contributed by atoms with Crippen LogP contribution in [-0.2, 0) is 29.3 Å². The van der Waals surface area contributed by atoms with E-state index < -0.39 is 25.9 Å². The summed E-state index contributed by atoms with van der Waals surface area (Å²) in [6, 6.07) is 4.61. The van der Waals surface area contributed by atoms with Gasteiger partial charge in [-0.2, -0.15) is 0 Å². The lowest BCUT2D eigenvalue weighted by Crippen LogP contribution is -2.50. The summed E-state index contributed by atoms with van der Waals surface area (Å²) in [5.74, 6) is 0. The van der Waals surface area contributed by atoms with Gasteiger partial charge in [0.15, 0.2) is 9.84 Å². The smallest absolute Gasteiger partial charge is 0.240 e. The third kappa shape index (κ3) is 4.05. The minimum atomic E-state index is -3.77. The Bertz CT molecular complexity index is 711. The van der Waals surface area contributed by atoms with Crippen molar-refractivity contribution in [1.82, 2.24) is 4.72 Å². The van der Waals surface area contributed by atoms with Crippen molar-refractivity contribution in [1.29, 1.82) is 0 Å². The highest BCUT2D eigenvalue weighted by atomic mass is 32.2. The Morgan fingerprint density at radius 1 is 1.14 bits per heavy atom. The van der Waals surface area contributed by atoms with Gasteiger partial charge in [-0.05, 0) is 30.7 Å². The fourth-order valence-electron chi connectivity index (χ4n) is 2.24. The molecule has 0 radical (unpaired) electrons. The summed E-state index contributed by atoms with van der Waals surface area (Å²) in [5, 5.41) is 0. The number of nitrogens with one attached hydrogen (secondary N) is 1. The van der Waals surface area contributed by atoms with Crippen LogP contribution in [0.5, 0.6) is 0 Å². The molecule has 1 aliphatic rings. The van der Waals surface area contributed by atoms with Gasteiger partial charge in [0, 0.05) is 20.0 Å². The van der Waals surface area contributed by atoms with Crippen LogP contribution in [0.25, 0.3) is 0 Å². The summed E-state index contributed by atoms with van der Waals surface area (Å²) in [4.78, 5) is 0.0718. The molecule has 0 amide bonds. The van der Waals surface area contributed by atoms with E-state index in [1.807, 2.05) is 0 Å². The molecule has 2 atom stereocenters. The number of methoxy groups -OCH3 is 1. The van der Waals surface area contributed by atoms with Crippen molar-refractivity contribution in [2.75, 3.05) is 26.6 Å². The monoisotopic (exact) mass is 349 g/mol. The molecule has 1 aliphatic heterocycles. The zero-order chi connectivity index (χ0) is 16.4. The first kappa shape index (κ1) is 17.4. The quantitative estimate of drug-likeness (QED) is 0.814. The minimum Gasteiger partial charge on any atom is -0.380 e. The average molecular weight is 349 g/mol. The number of ether oxygens (including phenoxy) is 2. The number of rotatable bonds is 5. The number of sulfone groups is 1. The molecule has 7 nitrogen and oxygen atoms in total. The molecule has 2 rings (SSSR count). The van der Waals surface area contributed by atoms with Crippen molar-refractivity contribution in [2.45, 2.75) is 28.4 Å². The van der Waals surface area contributed by atoms with Crippen LogP contribution < -0.4 is 4.72 Å². The van der Waals surface area contributed by atoms with Gasteiger partial charge in [0.1, 0.15) is 0 Å². The highest BCUT2D eigenvalue weighted by Crippen LogP contribution is 2.17. The van der Waals surface area contributed by atoms with Crippen LogP contribution in [0.15, 0.2) is 34.1 Å². The Hall–Kier alpha value is -1.00. The SMILES string of the molecule is CO[C@@H]1CCOC[C@H]1NS(=O)(=O)c1ccc(S(C)(=O)=O)cc1. The van der Waals surface area contributed by atoms with E-state index in [0.29, 0.717) is 13.0 Å². The topological polar surface area (TPSA) is 98.8 Å². The summed E-state index contributed by atoms with van der Waals surface area (Å²) in [6.45, 7) is 0.763. The Kier molecular flexibility index (Phi) is 5.23. The first-order chi connectivity index (χ1) is 10.2. The van der Waals surface area contributed by atoms with Gasteiger partial charge < -0.3 is 9.47 Å². The fraction of sp³-hybridized carbons (Fsp3) is 0.538. The van der Waals surface area contributed by atoms with Gasteiger partial charge in [-0.25, -0.2) is 21.6 Å². The van der Waals surface area contributed by atoms with Crippen molar-refractivity contribution >= 4 is 19.9 Å². The lowest BCUT2D eigenvalue weighted by atomic mass is 10.1. The van der Waals surface area contributed by atoms with Crippen LogP contribution in [0.3, 0.4) is 0 Å². The Balaban J connectivity index is 2.19. The van der Waals surface area contributed by atoms with Gasteiger partial charge in [-0.1, -0.05) is 0 Å². The molecule has 9 heteroatoms. The van der Waals surface area contributed by atoms with Crippen molar-refractivity contribution in [3.05, 3.63) is 24.3 Å². The third-order valence-corrected chi connectivity index (χ3v) is 6.10. The van der Waals surface area contributed by atoms with Gasteiger partial charge in [0.2, 0.25) is 10.0 Å². The molecule has 0 saturated carbocycles. The predicted molar refractivity (Wildman–Crippen MR) is 79.9 cm³/mol. The molecular weight excluding hydrogens is 330 g/mol. The number of hydrogen-bond acceptors (Lipinski definition) is 6. The summed E-state index contributed by atoms with van der Waals surface area (Å²) < 4.78 is 60.6. The molecule has 1 aromatic carbocycles. The van der Waals surface area contributed by atoms with Crippen molar-refractivity contribution in [2.24, 2.45) is 0 Å².